The minimum absolute atomic E-state index is 0.389. The molecule has 0 aliphatic rings. The second-order valence-corrected chi connectivity index (χ2v) is 6.28. The van der Waals surface area contributed by atoms with Crippen molar-refractivity contribution in [2.45, 2.75) is 6.61 Å². The fourth-order valence-corrected chi connectivity index (χ4v) is 2.77. The lowest BCUT2D eigenvalue weighted by Crippen LogP contribution is -2.24. The number of amides is 2. The summed E-state index contributed by atoms with van der Waals surface area (Å²) in [5, 5.41) is 4.41. The van der Waals surface area contributed by atoms with E-state index in [1.165, 1.54) is 6.21 Å². The summed E-state index contributed by atoms with van der Waals surface area (Å²) in [5.41, 5.74) is 8.83. The molecule has 8 heteroatoms. The highest BCUT2D eigenvalue weighted by atomic mass is 127. The first-order valence-electron chi connectivity index (χ1n) is 6.83. The van der Waals surface area contributed by atoms with Crippen molar-refractivity contribution in [3.63, 3.8) is 0 Å². The lowest BCUT2D eigenvalue weighted by Gasteiger charge is -2.13. The van der Waals surface area contributed by atoms with Crippen LogP contribution in [0.5, 0.6) is 11.5 Å². The van der Waals surface area contributed by atoms with Gasteiger partial charge in [0.2, 0.25) is 0 Å². The predicted octanol–water partition coefficient (Wildman–Crippen LogP) is 3.53. The smallest absolute Gasteiger partial charge is 0.332 e. The van der Waals surface area contributed by atoms with E-state index in [0.29, 0.717) is 23.1 Å². The number of urea groups is 1. The van der Waals surface area contributed by atoms with Gasteiger partial charge in [-0.25, -0.2) is 10.2 Å². The lowest BCUT2D eigenvalue weighted by molar-refractivity contribution is 0.249. The molecule has 0 spiro atoms. The highest BCUT2D eigenvalue weighted by molar-refractivity contribution is 14.1. The average Bonchev–Trinajstić information content (AvgIpc) is 2.54. The normalized spacial score (nSPS) is 10.6. The summed E-state index contributed by atoms with van der Waals surface area (Å²) in [7, 11) is 1.56. The van der Waals surface area contributed by atoms with Crippen LogP contribution in [0.15, 0.2) is 41.5 Å². The molecule has 0 unspecified atom stereocenters. The molecule has 126 valence electrons. The van der Waals surface area contributed by atoms with E-state index in [9.17, 15) is 4.79 Å². The molecule has 2 amide bonds. The molecule has 0 heterocycles. The Balaban J connectivity index is 2.15. The number of carbonyl (C=O) groups is 1. The van der Waals surface area contributed by atoms with Gasteiger partial charge < -0.3 is 15.2 Å². The summed E-state index contributed by atoms with van der Waals surface area (Å²) >= 11 is 8.02. The first-order chi connectivity index (χ1) is 11.5. The Hall–Kier alpha value is -2.00. The molecule has 24 heavy (non-hydrogen) atoms. The molecule has 2 aromatic rings. The third-order valence-corrected chi connectivity index (χ3v) is 3.99. The number of hydrazone groups is 1. The fourth-order valence-electron chi connectivity index (χ4n) is 1.86. The van der Waals surface area contributed by atoms with E-state index in [-0.39, 0.29) is 0 Å². The van der Waals surface area contributed by atoms with Gasteiger partial charge in [-0.15, -0.1) is 0 Å². The quantitative estimate of drug-likeness (QED) is 0.394. The molecule has 0 saturated carbocycles. The van der Waals surface area contributed by atoms with Gasteiger partial charge in [0, 0.05) is 5.02 Å². The standard InChI is InChI=1S/C16H15ClIN3O3/c1-23-14-7-11(8-20-21-16(19)22)6-13(18)15(14)24-9-10-2-4-12(17)5-3-10/h2-8H,9H2,1H3,(H3,19,21,22)/b20-8+. The summed E-state index contributed by atoms with van der Waals surface area (Å²) in [6.45, 7) is 0.389. The van der Waals surface area contributed by atoms with Crippen LogP contribution in [-0.4, -0.2) is 19.4 Å². The molecule has 0 saturated heterocycles. The number of ether oxygens (including phenoxy) is 2. The third kappa shape index (κ3) is 5.27. The fraction of sp³-hybridized carbons (Fsp3) is 0.125. The van der Waals surface area contributed by atoms with Gasteiger partial charge in [0.05, 0.1) is 16.9 Å². The molecular weight excluding hydrogens is 445 g/mol. The number of methoxy groups -OCH3 is 1. The van der Waals surface area contributed by atoms with Crippen molar-refractivity contribution in [1.29, 1.82) is 0 Å². The Morgan fingerprint density at radius 2 is 2.08 bits per heavy atom. The maximum Gasteiger partial charge on any atom is 0.332 e. The van der Waals surface area contributed by atoms with Crippen LogP contribution >= 0.6 is 34.2 Å². The van der Waals surface area contributed by atoms with Crippen LogP contribution < -0.4 is 20.6 Å². The molecule has 3 N–H and O–H groups in total. The number of benzene rings is 2. The number of hydrogen-bond acceptors (Lipinski definition) is 4. The minimum atomic E-state index is -0.726. The Kier molecular flexibility index (Phi) is 6.68. The second-order valence-electron chi connectivity index (χ2n) is 4.68. The van der Waals surface area contributed by atoms with E-state index in [4.69, 9.17) is 26.8 Å². The van der Waals surface area contributed by atoms with Crippen LogP contribution in [0.4, 0.5) is 4.79 Å². The Morgan fingerprint density at radius 1 is 1.38 bits per heavy atom. The first kappa shape index (κ1) is 18.3. The van der Waals surface area contributed by atoms with Crippen LogP contribution in [-0.2, 0) is 6.61 Å². The second kappa shape index (κ2) is 8.74. The Bertz CT molecular complexity index is 751. The molecule has 6 nitrogen and oxygen atoms in total. The van der Waals surface area contributed by atoms with Gasteiger partial charge in [-0.3, -0.25) is 0 Å². The van der Waals surface area contributed by atoms with Crippen LogP contribution in [0.1, 0.15) is 11.1 Å². The van der Waals surface area contributed by atoms with Crippen LogP contribution in [0.2, 0.25) is 5.02 Å². The first-order valence-corrected chi connectivity index (χ1v) is 8.28. The lowest BCUT2D eigenvalue weighted by atomic mass is 10.2. The van der Waals surface area contributed by atoms with Gasteiger partial charge in [-0.2, -0.15) is 5.10 Å². The van der Waals surface area contributed by atoms with Crippen LogP contribution in [0.25, 0.3) is 0 Å². The van der Waals surface area contributed by atoms with E-state index in [0.717, 1.165) is 14.7 Å². The molecule has 0 radical (unpaired) electrons. The maximum absolute atomic E-state index is 10.6. The zero-order valence-electron chi connectivity index (χ0n) is 12.8. The largest absolute Gasteiger partial charge is 0.493 e. The molecular formula is C16H15ClIN3O3. The number of nitrogens with one attached hydrogen (secondary N) is 1. The van der Waals surface area contributed by atoms with Crippen molar-refractivity contribution in [2.24, 2.45) is 10.8 Å². The van der Waals surface area contributed by atoms with E-state index in [2.05, 4.69) is 33.1 Å². The maximum atomic E-state index is 10.6. The highest BCUT2D eigenvalue weighted by Gasteiger charge is 2.11. The number of carbonyl (C=O) groups excluding carboxylic acids is 1. The van der Waals surface area contributed by atoms with Gasteiger partial charge in [-0.1, -0.05) is 23.7 Å². The number of rotatable bonds is 6. The van der Waals surface area contributed by atoms with Gasteiger partial charge >= 0.3 is 6.03 Å². The zero-order chi connectivity index (χ0) is 17.5. The van der Waals surface area contributed by atoms with E-state index < -0.39 is 6.03 Å². The molecule has 0 atom stereocenters. The summed E-state index contributed by atoms with van der Waals surface area (Å²) in [6, 6.07) is 10.3. The third-order valence-electron chi connectivity index (χ3n) is 2.94. The van der Waals surface area contributed by atoms with Gasteiger partial charge in [0.25, 0.3) is 0 Å². The SMILES string of the molecule is COc1cc(/C=N/NC(N)=O)cc(I)c1OCc1ccc(Cl)cc1. The van der Waals surface area contributed by atoms with Gasteiger partial charge in [0.15, 0.2) is 11.5 Å². The predicted molar refractivity (Wildman–Crippen MR) is 102 cm³/mol. The van der Waals surface area contributed by atoms with Crippen molar-refractivity contribution in [3.05, 3.63) is 56.1 Å². The number of halogens is 2. The van der Waals surface area contributed by atoms with Gasteiger partial charge in [0.1, 0.15) is 6.61 Å². The molecule has 0 fully saturated rings. The topological polar surface area (TPSA) is 85.9 Å². The monoisotopic (exact) mass is 459 g/mol. The van der Waals surface area contributed by atoms with E-state index in [1.54, 1.807) is 13.2 Å². The molecule has 2 rings (SSSR count). The average molecular weight is 460 g/mol. The summed E-state index contributed by atoms with van der Waals surface area (Å²) in [6.07, 6.45) is 1.47. The summed E-state index contributed by atoms with van der Waals surface area (Å²) in [4.78, 5) is 10.6. The van der Waals surface area contributed by atoms with Crippen LogP contribution in [0.3, 0.4) is 0 Å². The molecule has 0 bridgehead atoms. The molecule has 2 aromatic carbocycles. The van der Waals surface area contributed by atoms with Crippen molar-refractivity contribution < 1.29 is 14.3 Å². The summed E-state index contributed by atoms with van der Waals surface area (Å²) < 4.78 is 12.1. The van der Waals surface area contributed by atoms with Crippen LogP contribution in [0, 0.1) is 3.57 Å². The Morgan fingerprint density at radius 3 is 2.71 bits per heavy atom. The Labute approximate surface area is 158 Å². The highest BCUT2D eigenvalue weighted by Crippen LogP contribution is 2.34. The number of primary amides is 1. The molecule has 0 aliphatic heterocycles. The number of hydrogen-bond donors (Lipinski definition) is 2. The van der Waals surface area contributed by atoms with Crippen molar-refractivity contribution >= 4 is 46.4 Å². The van der Waals surface area contributed by atoms with Gasteiger partial charge in [-0.05, 0) is 58.0 Å². The molecule has 0 aliphatic carbocycles. The van der Waals surface area contributed by atoms with Crippen molar-refractivity contribution in [2.75, 3.05) is 7.11 Å². The van der Waals surface area contributed by atoms with Crippen molar-refractivity contribution in [3.8, 4) is 11.5 Å². The number of nitrogens with two attached hydrogens (primary N) is 1. The number of nitrogens with zero attached hydrogens (tertiary/aromatic N) is 1. The molecule has 0 aromatic heterocycles. The van der Waals surface area contributed by atoms with E-state index >= 15 is 0 Å². The minimum Gasteiger partial charge on any atom is -0.493 e. The zero-order valence-corrected chi connectivity index (χ0v) is 15.7. The van der Waals surface area contributed by atoms with Crippen molar-refractivity contribution in [1.82, 2.24) is 5.43 Å². The van der Waals surface area contributed by atoms with E-state index in [1.807, 2.05) is 30.3 Å². The summed E-state index contributed by atoms with van der Waals surface area (Å²) in [5.74, 6) is 1.20.